The van der Waals surface area contributed by atoms with E-state index in [-0.39, 0.29) is 24.4 Å². The first-order chi connectivity index (χ1) is 9.56. The van der Waals surface area contributed by atoms with Crippen LogP contribution in [-0.4, -0.2) is 29.9 Å². The second-order valence-corrected chi connectivity index (χ2v) is 7.05. The van der Waals surface area contributed by atoms with Crippen molar-refractivity contribution in [3.63, 3.8) is 0 Å². The number of fused-ring (bicyclic) bond motifs is 1. The number of rotatable bonds is 1. The summed E-state index contributed by atoms with van der Waals surface area (Å²) in [4.78, 5) is 14.6. The van der Waals surface area contributed by atoms with Crippen molar-refractivity contribution in [2.24, 2.45) is 17.6 Å². The number of hydrogen-bond donors (Lipinski definition) is 1. The molecule has 2 aliphatic rings. The van der Waals surface area contributed by atoms with Crippen molar-refractivity contribution in [3.05, 3.63) is 33.8 Å². The van der Waals surface area contributed by atoms with Gasteiger partial charge >= 0.3 is 0 Å². The van der Waals surface area contributed by atoms with Gasteiger partial charge in [-0.25, -0.2) is 0 Å². The minimum absolute atomic E-state index is 0. The molecule has 116 valence electrons. The molecular weight excluding hydrogens is 352 g/mol. The van der Waals surface area contributed by atoms with E-state index >= 15 is 0 Å². The number of halogens is 2. The van der Waals surface area contributed by atoms with E-state index < -0.39 is 0 Å². The largest absolute Gasteiger partial charge is 0.338 e. The number of nitrogens with zero attached hydrogens (tertiary/aromatic N) is 1. The van der Waals surface area contributed by atoms with Gasteiger partial charge in [0, 0.05) is 29.2 Å². The molecule has 0 bridgehead atoms. The van der Waals surface area contributed by atoms with E-state index in [0.717, 1.165) is 35.1 Å². The zero-order chi connectivity index (χ0) is 14.3. The second-order valence-electron chi connectivity index (χ2n) is 6.19. The van der Waals surface area contributed by atoms with Crippen LogP contribution in [0.15, 0.2) is 22.7 Å². The van der Waals surface area contributed by atoms with Crippen molar-refractivity contribution in [1.29, 1.82) is 0 Å². The number of hydrogen-bond acceptors (Lipinski definition) is 2. The van der Waals surface area contributed by atoms with Gasteiger partial charge in [-0.05, 0) is 49.3 Å². The van der Waals surface area contributed by atoms with Gasteiger partial charge in [0.2, 0.25) is 0 Å². The van der Waals surface area contributed by atoms with Gasteiger partial charge in [0.25, 0.3) is 5.91 Å². The molecule has 1 aromatic carbocycles. The van der Waals surface area contributed by atoms with E-state index in [4.69, 9.17) is 5.73 Å². The van der Waals surface area contributed by atoms with Gasteiger partial charge in [0.1, 0.15) is 0 Å². The Hall–Kier alpha value is -0.580. The Morgan fingerprint density at radius 1 is 1.33 bits per heavy atom. The average Bonchev–Trinajstić information content (AvgIpc) is 2.86. The highest BCUT2D eigenvalue weighted by Gasteiger charge is 2.40. The highest BCUT2D eigenvalue weighted by Crippen LogP contribution is 2.36. The molecule has 5 heteroatoms. The van der Waals surface area contributed by atoms with Gasteiger partial charge in [0.15, 0.2) is 0 Å². The molecular formula is C16H22BrClN2O. The molecule has 2 fully saturated rings. The van der Waals surface area contributed by atoms with E-state index in [1.54, 1.807) is 0 Å². The van der Waals surface area contributed by atoms with Crippen molar-refractivity contribution < 1.29 is 4.79 Å². The maximum Gasteiger partial charge on any atom is 0.253 e. The minimum atomic E-state index is 0. The second kappa shape index (κ2) is 6.67. The summed E-state index contributed by atoms with van der Waals surface area (Å²) < 4.78 is 0.997. The summed E-state index contributed by atoms with van der Waals surface area (Å²) in [6, 6.07) is 6.12. The first kappa shape index (κ1) is 16.8. The Morgan fingerprint density at radius 3 is 2.76 bits per heavy atom. The van der Waals surface area contributed by atoms with Crippen molar-refractivity contribution in [2.45, 2.75) is 32.2 Å². The summed E-state index contributed by atoms with van der Waals surface area (Å²) >= 11 is 3.50. The van der Waals surface area contributed by atoms with Crippen LogP contribution in [-0.2, 0) is 0 Å². The van der Waals surface area contributed by atoms with Gasteiger partial charge in [-0.15, -0.1) is 12.4 Å². The SMILES string of the molecule is Cc1ccc(C(=O)N2CC3CCCC(N)C3C2)cc1Br.Cl. The molecule has 21 heavy (non-hydrogen) atoms. The molecule has 1 saturated heterocycles. The minimum Gasteiger partial charge on any atom is -0.338 e. The normalized spacial score (nSPS) is 28.0. The third-order valence-corrected chi connectivity index (χ3v) is 5.71. The van der Waals surface area contributed by atoms with Gasteiger partial charge in [-0.1, -0.05) is 28.4 Å². The molecule has 1 aromatic rings. The van der Waals surface area contributed by atoms with Crippen LogP contribution in [0.4, 0.5) is 0 Å². The number of amides is 1. The van der Waals surface area contributed by atoms with Crippen molar-refractivity contribution >= 4 is 34.2 Å². The maximum atomic E-state index is 12.6. The highest BCUT2D eigenvalue weighted by molar-refractivity contribution is 9.10. The number of carbonyl (C=O) groups is 1. The summed E-state index contributed by atoms with van der Waals surface area (Å²) in [7, 11) is 0. The molecule has 3 rings (SSSR count). The topological polar surface area (TPSA) is 46.3 Å². The zero-order valence-electron chi connectivity index (χ0n) is 12.2. The first-order valence-corrected chi connectivity index (χ1v) is 8.16. The molecule has 1 saturated carbocycles. The summed E-state index contributed by atoms with van der Waals surface area (Å²) in [6.07, 6.45) is 3.54. The van der Waals surface area contributed by atoms with Crippen LogP contribution in [0.1, 0.15) is 35.2 Å². The highest BCUT2D eigenvalue weighted by atomic mass is 79.9. The zero-order valence-corrected chi connectivity index (χ0v) is 14.6. The predicted octanol–water partition coefficient (Wildman–Crippen LogP) is 3.38. The molecule has 1 amide bonds. The Bertz CT molecular complexity index is 537. The van der Waals surface area contributed by atoms with Crippen molar-refractivity contribution in [3.8, 4) is 0 Å². The van der Waals surface area contributed by atoms with Gasteiger partial charge in [0.05, 0.1) is 0 Å². The summed E-state index contributed by atoms with van der Waals surface area (Å²) in [5, 5.41) is 0. The maximum absolute atomic E-state index is 12.6. The van der Waals surface area contributed by atoms with Gasteiger partial charge in [-0.2, -0.15) is 0 Å². The molecule has 2 N–H and O–H groups in total. The summed E-state index contributed by atoms with van der Waals surface area (Å²) in [5.41, 5.74) is 8.14. The molecule has 3 unspecified atom stereocenters. The monoisotopic (exact) mass is 372 g/mol. The summed E-state index contributed by atoms with van der Waals surface area (Å²) in [5.74, 6) is 1.26. The fourth-order valence-corrected chi connectivity index (χ4v) is 3.97. The Kier molecular flexibility index (Phi) is 5.33. The number of aryl methyl sites for hydroxylation is 1. The Labute approximate surface area is 140 Å². The van der Waals surface area contributed by atoms with Crippen LogP contribution in [0.3, 0.4) is 0 Å². The Balaban J connectivity index is 0.00000161. The van der Waals surface area contributed by atoms with Crippen LogP contribution >= 0.6 is 28.3 Å². The summed E-state index contributed by atoms with van der Waals surface area (Å²) in [6.45, 7) is 3.74. The number of nitrogens with two attached hydrogens (primary N) is 1. The lowest BCUT2D eigenvalue weighted by molar-refractivity contribution is 0.0783. The first-order valence-electron chi connectivity index (χ1n) is 7.37. The molecule has 1 heterocycles. The lowest BCUT2D eigenvalue weighted by Gasteiger charge is -2.29. The fourth-order valence-electron chi connectivity index (χ4n) is 3.59. The smallest absolute Gasteiger partial charge is 0.253 e. The van der Waals surface area contributed by atoms with Crippen LogP contribution in [0.25, 0.3) is 0 Å². The van der Waals surface area contributed by atoms with Crippen LogP contribution in [0.2, 0.25) is 0 Å². The van der Waals surface area contributed by atoms with Crippen LogP contribution in [0.5, 0.6) is 0 Å². The van der Waals surface area contributed by atoms with Crippen molar-refractivity contribution in [1.82, 2.24) is 4.90 Å². The third kappa shape index (κ3) is 3.27. The van der Waals surface area contributed by atoms with Gasteiger partial charge in [-0.3, -0.25) is 4.79 Å². The van der Waals surface area contributed by atoms with E-state index in [0.29, 0.717) is 11.8 Å². The molecule has 0 radical (unpaired) electrons. The van der Waals surface area contributed by atoms with Crippen molar-refractivity contribution in [2.75, 3.05) is 13.1 Å². The standard InChI is InChI=1S/C16H21BrN2O.ClH/c1-10-5-6-11(7-14(10)17)16(20)19-8-12-3-2-4-15(18)13(12)9-19;/h5-7,12-13,15H,2-4,8-9,18H2,1H3;1H. The Morgan fingerprint density at radius 2 is 2.10 bits per heavy atom. The number of carbonyl (C=O) groups excluding carboxylic acids is 1. The molecule has 3 nitrogen and oxygen atoms in total. The van der Waals surface area contributed by atoms with Crippen LogP contribution < -0.4 is 5.73 Å². The lowest BCUT2D eigenvalue weighted by Crippen LogP contribution is -2.38. The molecule has 3 atom stereocenters. The van der Waals surface area contributed by atoms with E-state index in [1.165, 1.54) is 12.8 Å². The number of benzene rings is 1. The predicted molar refractivity (Wildman–Crippen MR) is 90.8 cm³/mol. The molecule has 1 aliphatic heterocycles. The third-order valence-electron chi connectivity index (χ3n) is 4.86. The fraction of sp³-hybridized carbons (Fsp3) is 0.562. The molecule has 0 spiro atoms. The van der Waals surface area contributed by atoms with Crippen LogP contribution in [0, 0.1) is 18.8 Å². The molecule has 0 aromatic heterocycles. The number of likely N-dealkylation sites (tertiary alicyclic amines) is 1. The lowest BCUT2D eigenvalue weighted by atomic mass is 9.78. The quantitative estimate of drug-likeness (QED) is 0.820. The molecule has 1 aliphatic carbocycles. The van der Waals surface area contributed by atoms with E-state index in [9.17, 15) is 4.79 Å². The van der Waals surface area contributed by atoms with E-state index in [2.05, 4.69) is 15.9 Å². The van der Waals surface area contributed by atoms with Gasteiger partial charge < -0.3 is 10.6 Å². The van der Waals surface area contributed by atoms with E-state index in [1.807, 2.05) is 30.0 Å². The average molecular weight is 374 g/mol.